The van der Waals surface area contributed by atoms with E-state index in [2.05, 4.69) is 25.9 Å². The van der Waals surface area contributed by atoms with E-state index in [1.807, 2.05) is 0 Å². The van der Waals surface area contributed by atoms with E-state index >= 15 is 0 Å². The molecule has 2 heterocycles. The summed E-state index contributed by atoms with van der Waals surface area (Å²) in [4.78, 5) is 11.0. The molecule has 10 heteroatoms. The molecule has 108 valence electrons. The van der Waals surface area contributed by atoms with E-state index in [1.54, 1.807) is 0 Å². The molecule has 2 N–H and O–H groups in total. The fourth-order valence-corrected chi connectivity index (χ4v) is 1.49. The number of nitrogens with zero attached hydrogens (tertiary/aromatic N) is 4. The lowest BCUT2D eigenvalue weighted by Gasteiger charge is -2.06. The highest BCUT2D eigenvalue weighted by Crippen LogP contribution is 2.27. The molecular formula is C10H11F3N6O. The van der Waals surface area contributed by atoms with Crippen molar-refractivity contribution in [2.45, 2.75) is 12.6 Å². The molecular weight excluding hydrogens is 277 g/mol. The molecule has 0 aliphatic rings. The van der Waals surface area contributed by atoms with Crippen LogP contribution in [0, 0.1) is 0 Å². The predicted octanol–water partition coefficient (Wildman–Crippen LogP) is 0.691. The first-order valence-electron chi connectivity index (χ1n) is 5.66. The maximum Gasteiger partial charge on any atom is 0.453 e. The molecule has 7 nitrogen and oxygen atoms in total. The van der Waals surface area contributed by atoms with E-state index in [9.17, 15) is 18.0 Å². The summed E-state index contributed by atoms with van der Waals surface area (Å²) in [5, 5.41) is 15.4. The lowest BCUT2D eigenvalue weighted by molar-refractivity contribution is -0.146. The summed E-state index contributed by atoms with van der Waals surface area (Å²) in [5.41, 5.74) is -0.00539. The Morgan fingerprint density at radius 2 is 2.10 bits per heavy atom. The number of carbonyl (C=O) groups is 1. The first kappa shape index (κ1) is 14.0. The van der Waals surface area contributed by atoms with E-state index in [0.29, 0.717) is 4.52 Å². The Hall–Kier alpha value is -2.39. The van der Waals surface area contributed by atoms with E-state index in [-0.39, 0.29) is 30.3 Å². The molecule has 1 amide bonds. The Morgan fingerprint density at radius 3 is 2.75 bits per heavy atom. The van der Waals surface area contributed by atoms with Gasteiger partial charge in [0.15, 0.2) is 5.65 Å². The Bertz CT molecular complexity index is 623. The molecule has 0 aliphatic heterocycles. The van der Waals surface area contributed by atoms with Crippen molar-refractivity contribution in [3.63, 3.8) is 0 Å². The first-order valence-corrected chi connectivity index (χ1v) is 5.66. The van der Waals surface area contributed by atoms with Crippen molar-refractivity contribution in [3.8, 4) is 0 Å². The fraction of sp³-hybridized carbons (Fsp3) is 0.400. The van der Waals surface area contributed by atoms with Crippen LogP contribution in [0.25, 0.3) is 5.65 Å². The largest absolute Gasteiger partial charge is 0.453 e. The third-order valence-electron chi connectivity index (χ3n) is 2.45. The molecule has 2 aromatic heterocycles. The highest BCUT2D eigenvalue weighted by Gasteiger charge is 2.37. The highest BCUT2D eigenvalue weighted by atomic mass is 19.4. The molecule has 20 heavy (non-hydrogen) atoms. The Morgan fingerprint density at radius 1 is 1.35 bits per heavy atom. The maximum absolute atomic E-state index is 12.6. The monoisotopic (exact) mass is 288 g/mol. The van der Waals surface area contributed by atoms with Gasteiger partial charge in [-0.3, -0.25) is 4.79 Å². The van der Waals surface area contributed by atoms with Gasteiger partial charge < -0.3 is 10.6 Å². The smallest absolute Gasteiger partial charge is 0.368 e. The van der Waals surface area contributed by atoms with Crippen LogP contribution in [0.15, 0.2) is 12.1 Å². The molecule has 0 saturated heterocycles. The van der Waals surface area contributed by atoms with Crippen molar-refractivity contribution in [1.82, 2.24) is 25.1 Å². The van der Waals surface area contributed by atoms with Gasteiger partial charge >= 0.3 is 6.18 Å². The average Bonchev–Trinajstić information content (AvgIpc) is 2.81. The second kappa shape index (κ2) is 5.31. The number of hydrogen-bond donors (Lipinski definition) is 2. The van der Waals surface area contributed by atoms with Gasteiger partial charge in [0, 0.05) is 20.0 Å². The number of fused-ring (bicyclic) bond motifs is 1. The van der Waals surface area contributed by atoms with Crippen molar-refractivity contribution < 1.29 is 18.0 Å². The third kappa shape index (κ3) is 2.95. The van der Waals surface area contributed by atoms with Crippen LogP contribution in [0.1, 0.15) is 12.2 Å². The van der Waals surface area contributed by atoms with Crippen LogP contribution in [-0.4, -0.2) is 39.3 Å². The maximum atomic E-state index is 12.6. The van der Waals surface area contributed by atoms with Gasteiger partial charge in [-0.15, -0.1) is 15.3 Å². The number of nitrogens with one attached hydrogen (secondary N) is 2. The standard InChI is InChI=1S/C10H11F3N6O/c1-14-8(20)4-5-15-6-2-3-7-16-17-9(10(11,12)13)19(7)18-6/h2-3H,4-5H2,1H3,(H,14,20)(H,15,18). The fourth-order valence-electron chi connectivity index (χ4n) is 1.49. The van der Waals surface area contributed by atoms with Crippen LogP contribution >= 0.6 is 0 Å². The quantitative estimate of drug-likeness (QED) is 0.864. The van der Waals surface area contributed by atoms with E-state index in [0.717, 1.165) is 0 Å². The summed E-state index contributed by atoms with van der Waals surface area (Å²) in [6.07, 6.45) is -4.45. The summed E-state index contributed by atoms with van der Waals surface area (Å²) in [5.74, 6) is -1.17. The second-order valence-corrected chi connectivity index (χ2v) is 3.86. The summed E-state index contributed by atoms with van der Waals surface area (Å²) < 4.78 is 38.6. The Balaban J connectivity index is 2.18. The molecule has 0 aliphatic carbocycles. The third-order valence-corrected chi connectivity index (χ3v) is 2.45. The van der Waals surface area contributed by atoms with Gasteiger partial charge in [0.2, 0.25) is 5.91 Å². The second-order valence-electron chi connectivity index (χ2n) is 3.86. The lowest BCUT2D eigenvalue weighted by Crippen LogP contribution is -2.21. The van der Waals surface area contributed by atoms with Gasteiger partial charge in [-0.1, -0.05) is 0 Å². The molecule has 2 rings (SSSR count). The zero-order valence-corrected chi connectivity index (χ0v) is 10.4. The molecule has 0 unspecified atom stereocenters. The average molecular weight is 288 g/mol. The van der Waals surface area contributed by atoms with Gasteiger partial charge in [0.05, 0.1) is 0 Å². The van der Waals surface area contributed by atoms with Crippen LogP contribution in [0.5, 0.6) is 0 Å². The van der Waals surface area contributed by atoms with Crippen molar-refractivity contribution in [2.24, 2.45) is 0 Å². The van der Waals surface area contributed by atoms with Gasteiger partial charge in [0.1, 0.15) is 5.82 Å². The topological polar surface area (TPSA) is 84.2 Å². The van der Waals surface area contributed by atoms with Crippen LogP contribution < -0.4 is 10.6 Å². The number of halogens is 3. The van der Waals surface area contributed by atoms with Crippen LogP contribution in [0.4, 0.5) is 19.0 Å². The van der Waals surface area contributed by atoms with Crippen molar-refractivity contribution in [2.75, 3.05) is 18.9 Å². The van der Waals surface area contributed by atoms with Gasteiger partial charge in [0.25, 0.3) is 5.82 Å². The molecule has 0 spiro atoms. The first-order chi connectivity index (χ1) is 9.41. The van der Waals surface area contributed by atoms with E-state index in [4.69, 9.17) is 0 Å². The number of hydrogen-bond acceptors (Lipinski definition) is 5. The Labute approximate surface area is 111 Å². The zero-order valence-electron chi connectivity index (χ0n) is 10.4. The van der Waals surface area contributed by atoms with E-state index in [1.165, 1.54) is 19.2 Å². The SMILES string of the molecule is CNC(=O)CCNc1ccc2nnc(C(F)(F)F)n2n1. The number of anilines is 1. The number of rotatable bonds is 4. The van der Waals surface area contributed by atoms with Gasteiger partial charge in [-0.25, -0.2) is 0 Å². The molecule has 0 fully saturated rings. The zero-order chi connectivity index (χ0) is 14.8. The molecule has 0 atom stereocenters. The predicted molar refractivity (Wildman–Crippen MR) is 63.0 cm³/mol. The number of alkyl halides is 3. The molecule has 2 aromatic rings. The minimum absolute atomic E-state index is 0.00539. The highest BCUT2D eigenvalue weighted by molar-refractivity contribution is 5.76. The number of amides is 1. The molecule has 0 aromatic carbocycles. The van der Waals surface area contributed by atoms with Crippen LogP contribution in [0.3, 0.4) is 0 Å². The van der Waals surface area contributed by atoms with Crippen LogP contribution in [-0.2, 0) is 11.0 Å². The minimum Gasteiger partial charge on any atom is -0.368 e. The minimum atomic E-state index is -4.63. The summed E-state index contributed by atoms with van der Waals surface area (Å²) in [6.45, 7) is 0.252. The summed E-state index contributed by atoms with van der Waals surface area (Å²) in [7, 11) is 1.50. The molecule has 0 radical (unpaired) electrons. The molecule has 0 saturated carbocycles. The normalized spacial score (nSPS) is 11.6. The summed E-state index contributed by atoms with van der Waals surface area (Å²) >= 11 is 0. The van der Waals surface area contributed by atoms with Crippen molar-refractivity contribution >= 4 is 17.4 Å². The Kier molecular flexibility index (Phi) is 3.72. The van der Waals surface area contributed by atoms with Gasteiger partial charge in [-0.05, 0) is 12.1 Å². The number of carbonyl (C=O) groups excluding carboxylic acids is 1. The molecule has 0 bridgehead atoms. The van der Waals surface area contributed by atoms with Gasteiger partial charge in [-0.2, -0.15) is 17.7 Å². The van der Waals surface area contributed by atoms with Crippen LogP contribution in [0.2, 0.25) is 0 Å². The van der Waals surface area contributed by atoms with Crippen molar-refractivity contribution in [3.05, 3.63) is 18.0 Å². The van der Waals surface area contributed by atoms with Crippen molar-refractivity contribution in [1.29, 1.82) is 0 Å². The van der Waals surface area contributed by atoms with E-state index < -0.39 is 12.0 Å². The summed E-state index contributed by atoms with van der Waals surface area (Å²) in [6, 6.07) is 2.82. The lowest BCUT2D eigenvalue weighted by atomic mass is 10.4. The number of aromatic nitrogens is 4.